The van der Waals surface area contributed by atoms with Gasteiger partial charge < -0.3 is 14.6 Å². The molecule has 2 fully saturated rings. The van der Waals surface area contributed by atoms with Crippen LogP contribution in [0.15, 0.2) is 36.1 Å². The van der Waals surface area contributed by atoms with Gasteiger partial charge in [-0.3, -0.25) is 4.68 Å². The number of alkyl halides is 3. The van der Waals surface area contributed by atoms with Gasteiger partial charge >= 0.3 is 6.18 Å². The lowest BCUT2D eigenvalue weighted by molar-refractivity contribution is -0.137. The van der Waals surface area contributed by atoms with Gasteiger partial charge in [0.2, 0.25) is 5.95 Å². The van der Waals surface area contributed by atoms with E-state index in [0.717, 1.165) is 12.6 Å². The highest BCUT2D eigenvalue weighted by Gasteiger charge is 2.36. The first-order chi connectivity index (χ1) is 17.6. The van der Waals surface area contributed by atoms with E-state index < -0.39 is 21.8 Å². The molecule has 1 atom stereocenters. The molecule has 5 heterocycles. The third-order valence-corrected chi connectivity index (χ3v) is 8.33. The summed E-state index contributed by atoms with van der Waals surface area (Å²) in [5.41, 5.74) is -0.958. The first-order valence-electron chi connectivity index (χ1n) is 11.9. The predicted molar refractivity (Wildman–Crippen MR) is 126 cm³/mol. The van der Waals surface area contributed by atoms with E-state index in [-0.39, 0.29) is 47.3 Å². The van der Waals surface area contributed by atoms with Crippen LogP contribution in [0.4, 0.5) is 19.1 Å². The van der Waals surface area contributed by atoms with Gasteiger partial charge in [0.1, 0.15) is 5.56 Å². The molecule has 2 aliphatic heterocycles. The minimum absolute atomic E-state index is 0.0156. The van der Waals surface area contributed by atoms with Crippen LogP contribution in [0, 0.1) is 5.92 Å². The van der Waals surface area contributed by atoms with Crippen molar-refractivity contribution in [1.82, 2.24) is 33.6 Å². The van der Waals surface area contributed by atoms with Crippen molar-refractivity contribution in [3.05, 3.63) is 36.7 Å². The molecule has 3 aromatic heterocycles. The van der Waals surface area contributed by atoms with Crippen molar-refractivity contribution in [3.8, 4) is 11.3 Å². The third-order valence-electron chi connectivity index (χ3n) is 6.54. The Morgan fingerprint density at radius 3 is 2.57 bits per heavy atom. The van der Waals surface area contributed by atoms with Crippen LogP contribution in [0.5, 0.6) is 0 Å². The van der Waals surface area contributed by atoms with Crippen LogP contribution in [-0.4, -0.2) is 74.4 Å². The number of sulfonamides is 1. The van der Waals surface area contributed by atoms with Gasteiger partial charge in [-0.2, -0.15) is 22.6 Å². The Hall–Kier alpha value is -3.04. The number of anilines is 1. The Bertz CT molecular complexity index is 1340. The zero-order valence-corrected chi connectivity index (χ0v) is 20.9. The van der Waals surface area contributed by atoms with Crippen molar-refractivity contribution in [1.29, 1.82) is 0 Å². The van der Waals surface area contributed by atoms with Gasteiger partial charge in [-0.25, -0.2) is 23.4 Å². The summed E-state index contributed by atoms with van der Waals surface area (Å²) >= 11 is 0. The molecule has 0 aliphatic carbocycles. The number of aryl methyl sites for hydroxylation is 1. The van der Waals surface area contributed by atoms with Crippen LogP contribution in [0.25, 0.3) is 11.3 Å². The first kappa shape index (κ1) is 25.6. The molecule has 2 aliphatic rings. The van der Waals surface area contributed by atoms with Gasteiger partial charge in [0.25, 0.3) is 10.0 Å². The van der Waals surface area contributed by atoms with Gasteiger partial charge in [-0.05, 0) is 19.3 Å². The normalized spacial score (nSPS) is 19.9. The van der Waals surface area contributed by atoms with Crippen molar-refractivity contribution >= 4 is 16.0 Å². The summed E-state index contributed by atoms with van der Waals surface area (Å²) in [6.45, 7) is 2.31. The second kappa shape index (κ2) is 10.0. The molecule has 0 bridgehead atoms. The monoisotopic (exact) mass is 540 g/mol. The molecule has 200 valence electrons. The highest BCUT2D eigenvalue weighted by molar-refractivity contribution is 7.89. The number of nitrogens with zero attached hydrogens (tertiary/aromatic N) is 7. The maximum absolute atomic E-state index is 13.7. The number of piperidine rings is 1. The minimum atomic E-state index is -4.64. The van der Waals surface area contributed by atoms with Gasteiger partial charge in [-0.15, -0.1) is 0 Å². The summed E-state index contributed by atoms with van der Waals surface area (Å²) in [6, 6.07) is -0.204. The lowest BCUT2D eigenvalue weighted by atomic mass is 10.1. The van der Waals surface area contributed by atoms with Crippen LogP contribution < -0.4 is 5.32 Å². The van der Waals surface area contributed by atoms with E-state index in [1.54, 1.807) is 22.5 Å². The van der Waals surface area contributed by atoms with Crippen molar-refractivity contribution in [2.24, 2.45) is 13.0 Å². The van der Waals surface area contributed by atoms with Gasteiger partial charge in [0.05, 0.1) is 24.8 Å². The summed E-state index contributed by atoms with van der Waals surface area (Å²) in [5, 5.41) is 7.29. The van der Waals surface area contributed by atoms with Crippen LogP contribution >= 0.6 is 0 Å². The standard InChI is InChI=1S/C22H27F3N8O3S/c1-31-12-19(27-14-31)37(34,35)33-5-2-17(3-6-33)29-21-26-9-18(22(23,24)25)20(30-21)16-8-28-32(11-16)10-15-4-7-36-13-15/h8-9,11-12,14-15,17H,2-7,10,13H2,1H3,(H,26,29,30). The van der Waals surface area contributed by atoms with Gasteiger partial charge in [0, 0.05) is 69.4 Å². The number of halogens is 3. The Morgan fingerprint density at radius 1 is 1.14 bits per heavy atom. The number of hydrogen-bond donors (Lipinski definition) is 1. The molecule has 0 aromatic carbocycles. The fourth-order valence-corrected chi connectivity index (χ4v) is 5.97. The number of hydrogen-bond acceptors (Lipinski definition) is 8. The van der Waals surface area contributed by atoms with Gasteiger partial charge in [0.15, 0.2) is 5.03 Å². The van der Waals surface area contributed by atoms with E-state index >= 15 is 0 Å². The van der Waals surface area contributed by atoms with E-state index in [1.165, 1.54) is 23.0 Å². The number of imidazole rings is 1. The Balaban J connectivity index is 1.29. The zero-order chi connectivity index (χ0) is 26.2. The summed E-state index contributed by atoms with van der Waals surface area (Å²) in [4.78, 5) is 12.0. The molecular formula is C22H27F3N8O3S. The molecule has 11 nitrogen and oxygen atoms in total. The molecular weight excluding hydrogens is 513 g/mol. The number of ether oxygens (including phenoxy) is 1. The lowest BCUT2D eigenvalue weighted by Gasteiger charge is -2.31. The van der Waals surface area contributed by atoms with Crippen molar-refractivity contribution in [2.75, 3.05) is 31.6 Å². The Morgan fingerprint density at radius 2 is 1.92 bits per heavy atom. The summed E-state index contributed by atoms with van der Waals surface area (Å²) in [5.74, 6) is 0.316. The topological polar surface area (TPSA) is 120 Å². The van der Waals surface area contributed by atoms with Gasteiger partial charge in [-0.1, -0.05) is 0 Å². The predicted octanol–water partition coefficient (Wildman–Crippen LogP) is 2.39. The summed E-state index contributed by atoms with van der Waals surface area (Å²) in [7, 11) is -2.02. The van der Waals surface area contributed by atoms with E-state index in [1.807, 2.05) is 0 Å². The van der Waals surface area contributed by atoms with Crippen LogP contribution in [0.3, 0.4) is 0 Å². The smallest absolute Gasteiger partial charge is 0.381 e. The van der Waals surface area contributed by atoms with Crippen molar-refractivity contribution in [2.45, 2.75) is 43.1 Å². The number of aromatic nitrogens is 6. The zero-order valence-electron chi connectivity index (χ0n) is 20.1. The van der Waals surface area contributed by atoms with Crippen LogP contribution in [0.1, 0.15) is 24.8 Å². The molecule has 0 amide bonds. The van der Waals surface area contributed by atoms with Crippen LogP contribution in [0.2, 0.25) is 0 Å². The second-order valence-corrected chi connectivity index (χ2v) is 11.2. The fourth-order valence-electron chi connectivity index (χ4n) is 4.53. The molecule has 1 N–H and O–H groups in total. The van der Waals surface area contributed by atoms with E-state index in [4.69, 9.17) is 4.74 Å². The Kier molecular flexibility index (Phi) is 6.93. The average molecular weight is 541 g/mol. The number of nitrogens with one attached hydrogen (secondary N) is 1. The van der Waals surface area contributed by atoms with Crippen LogP contribution in [-0.2, 0) is 34.5 Å². The quantitative estimate of drug-likeness (QED) is 0.485. The lowest BCUT2D eigenvalue weighted by Crippen LogP contribution is -2.42. The largest absolute Gasteiger partial charge is 0.419 e. The summed E-state index contributed by atoms with van der Waals surface area (Å²) < 4.78 is 76.7. The van der Waals surface area contributed by atoms with Crippen molar-refractivity contribution in [3.63, 3.8) is 0 Å². The van der Waals surface area contributed by atoms with Crippen molar-refractivity contribution < 1.29 is 26.3 Å². The number of rotatable bonds is 7. The maximum Gasteiger partial charge on any atom is 0.419 e. The summed E-state index contributed by atoms with van der Waals surface area (Å²) in [6.07, 6.45) is 3.69. The molecule has 15 heteroatoms. The minimum Gasteiger partial charge on any atom is -0.381 e. The molecule has 3 aromatic rings. The molecule has 0 radical (unpaired) electrons. The van der Waals surface area contributed by atoms with E-state index in [2.05, 4.69) is 25.4 Å². The Labute approximate surface area is 211 Å². The molecule has 5 rings (SSSR count). The third kappa shape index (κ3) is 5.62. The molecule has 1 unspecified atom stereocenters. The molecule has 0 spiro atoms. The molecule has 2 saturated heterocycles. The van der Waals surface area contributed by atoms with E-state index in [0.29, 0.717) is 32.6 Å². The molecule has 0 saturated carbocycles. The first-order valence-corrected chi connectivity index (χ1v) is 13.3. The van der Waals surface area contributed by atoms with E-state index in [9.17, 15) is 21.6 Å². The highest BCUT2D eigenvalue weighted by Crippen LogP contribution is 2.36. The fraction of sp³-hybridized carbons (Fsp3) is 0.545. The molecule has 37 heavy (non-hydrogen) atoms. The SMILES string of the molecule is Cn1cnc(S(=O)(=O)N2CCC(Nc3ncc(C(F)(F)F)c(-c4cnn(CC5CCOC5)c4)n3)CC2)c1. The average Bonchev–Trinajstić information content (AvgIpc) is 3.62. The maximum atomic E-state index is 13.7. The highest BCUT2D eigenvalue weighted by atomic mass is 32.2. The second-order valence-electron chi connectivity index (χ2n) is 9.33.